The summed E-state index contributed by atoms with van der Waals surface area (Å²) in [6.45, 7) is 0. The zero-order valence-electron chi connectivity index (χ0n) is 8.54. The molecule has 0 aliphatic carbocycles. The smallest absolute Gasteiger partial charge is 0.183 e. The lowest BCUT2D eigenvalue weighted by molar-refractivity contribution is 0.934. The van der Waals surface area contributed by atoms with Gasteiger partial charge in [-0.1, -0.05) is 23.4 Å². The molecule has 0 aliphatic rings. The summed E-state index contributed by atoms with van der Waals surface area (Å²) in [5, 5.41) is 11.9. The van der Waals surface area contributed by atoms with E-state index in [-0.39, 0.29) is 0 Å². The normalized spacial score (nSPS) is 11.1. The van der Waals surface area contributed by atoms with Gasteiger partial charge in [-0.15, -0.1) is 0 Å². The number of aromatic amines is 1. The first-order valence-corrected chi connectivity index (χ1v) is 6.16. The van der Waals surface area contributed by atoms with Gasteiger partial charge in [-0.25, -0.2) is 14.5 Å². The Kier molecular flexibility index (Phi) is 2.69. The van der Waals surface area contributed by atoms with Crippen LogP contribution in [0.2, 0.25) is 5.15 Å². The van der Waals surface area contributed by atoms with E-state index in [9.17, 15) is 0 Å². The van der Waals surface area contributed by atoms with Crippen molar-refractivity contribution >= 4 is 29.0 Å². The Hall–Kier alpha value is -1.60. The van der Waals surface area contributed by atoms with Crippen molar-refractivity contribution in [1.29, 1.82) is 0 Å². The Morgan fingerprint density at radius 3 is 3.18 bits per heavy atom. The monoisotopic (exact) mass is 266 g/mol. The van der Waals surface area contributed by atoms with E-state index in [0.717, 1.165) is 16.5 Å². The van der Waals surface area contributed by atoms with Crippen LogP contribution in [0.1, 0.15) is 5.69 Å². The number of thioether (sulfide) groups is 1. The SMILES string of the molecule is Clc1ccc2nc(CSc3ncn[nH]3)cn2n1. The number of rotatable bonds is 3. The summed E-state index contributed by atoms with van der Waals surface area (Å²) in [4.78, 5) is 8.44. The molecule has 3 rings (SSSR count). The maximum absolute atomic E-state index is 5.80. The first kappa shape index (κ1) is 10.5. The summed E-state index contributed by atoms with van der Waals surface area (Å²) in [6, 6.07) is 3.55. The van der Waals surface area contributed by atoms with Gasteiger partial charge in [0, 0.05) is 5.75 Å². The molecule has 0 saturated heterocycles. The Labute approximate surface area is 105 Å². The number of nitrogens with one attached hydrogen (secondary N) is 1. The van der Waals surface area contributed by atoms with Gasteiger partial charge in [-0.3, -0.25) is 5.10 Å². The molecule has 0 amide bonds. The number of imidazole rings is 1. The number of aromatic nitrogens is 6. The molecule has 17 heavy (non-hydrogen) atoms. The van der Waals surface area contributed by atoms with Gasteiger partial charge in [-0.05, 0) is 12.1 Å². The maximum Gasteiger partial charge on any atom is 0.183 e. The predicted molar refractivity (Wildman–Crippen MR) is 63.9 cm³/mol. The third-order valence-corrected chi connectivity index (χ3v) is 3.20. The largest absolute Gasteiger partial charge is 0.254 e. The molecule has 3 aromatic heterocycles. The number of nitrogens with zero attached hydrogens (tertiary/aromatic N) is 5. The van der Waals surface area contributed by atoms with Crippen LogP contribution in [0, 0.1) is 0 Å². The summed E-state index contributed by atoms with van der Waals surface area (Å²) in [5.74, 6) is 0.705. The molecule has 86 valence electrons. The first-order chi connectivity index (χ1) is 8.31. The fraction of sp³-hybridized carbons (Fsp3) is 0.111. The minimum absolute atomic E-state index is 0.448. The van der Waals surface area contributed by atoms with Crippen molar-refractivity contribution in [2.45, 2.75) is 10.9 Å². The molecule has 0 aliphatic heterocycles. The quantitative estimate of drug-likeness (QED) is 0.732. The van der Waals surface area contributed by atoms with Gasteiger partial charge in [-0.2, -0.15) is 10.2 Å². The molecule has 0 atom stereocenters. The molecular weight excluding hydrogens is 260 g/mol. The van der Waals surface area contributed by atoms with Crippen LogP contribution in [-0.4, -0.2) is 29.8 Å². The second kappa shape index (κ2) is 4.34. The molecule has 1 N–H and O–H groups in total. The Bertz CT molecular complexity index is 634. The Morgan fingerprint density at radius 1 is 1.41 bits per heavy atom. The number of halogens is 1. The van der Waals surface area contributed by atoms with E-state index in [1.807, 2.05) is 12.3 Å². The zero-order valence-corrected chi connectivity index (χ0v) is 10.1. The summed E-state index contributed by atoms with van der Waals surface area (Å²) < 4.78 is 1.67. The molecule has 3 heterocycles. The van der Waals surface area contributed by atoms with Gasteiger partial charge < -0.3 is 0 Å². The highest BCUT2D eigenvalue weighted by Gasteiger charge is 2.04. The second-order valence-corrected chi connectivity index (χ2v) is 4.62. The van der Waals surface area contributed by atoms with Crippen LogP contribution >= 0.6 is 23.4 Å². The summed E-state index contributed by atoms with van der Waals surface area (Å²) in [6.07, 6.45) is 3.33. The van der Waals surface area contributed by atoms with Gasteiger partial charge >= 0.3 is 0 Å². The molecule has 6 nitrogen and oxygen atoms in total. The average Bonchev–Trinajstić information content (AvgIpc) is 2.94. The van der Waals surface area contributed by atoms with Gasteiger partial charge in [0.1, 0.15) is 11.5 Å². The lowest BCUT2D eigenvalue weighted by Gasteiger charge is -1.91. The maximum atomic E-state index is 5.80. The van der Waals surface area contributed by atoms with Crippen LogP contribution in [0.5, 0.6) is 0 Å². The van der Waals surface area contributed by atoms with Crippen LogP contribution in [0.3, 0.4) is 0 Å². The van der Waals surface area contributed by atoms with E-state index in [1.54, 1.807) is 10.6 Å². The van der Waals surface area contributed by atoms with Crippen LogP contribution in [0.4, 0.5) is 0 Å². The summed E-state index contributed by atoms with van der Waals surface area (Å²) in [7, 11) is 0. The molecule has 3 aromatic rings. The van der Waals surface area contributed by atoms with Crippen molar-refractivity contribution in [3.05, 3.63) is 35.5 Å². The minimum atomic E-state index is 0.448. The number of hydrogen-bond acceptors (Lipinski definition) is 5. The van der Waals surface area contributed by atoms with Crippen molar-refractivity contribution in [2.24, 2.45) is 0 Å². The molecular formula is C9H7ClN6S. The molecule has 0 radical (unpaired) electrons. The van der Waals surface area contributed by atoms with Crippen molar-refractivity contribution in [2.75, 3.05) is 0 Å². The lowest BCUT2D eigenvalue weighted by atomic mass is 10.5. The second-order valence-electron chi connectivity index (χ2n) is 3.27. The van der Waals surface area contributed by atoms with Gasteiger partial charge in [0.15, 0.2) is 10.8 Å². The van der Waals surface area contributed by atoms with Crippen LogP contribution in [0.15, 0.2) is 29.8 Å². The highest BCUT2D eigenvalue weighted by molar-refractivity contribution is 7.98. The average molecular weight is 267 g/mol. The minimum Gasteiger partial charge on any atom is -0.254 e. The molecule has 0 unspecified atom stereocenters. The number of hydrogen-bond donors (Lipinski definition) is 1. The number of fused-ring (bicyclic) bond motifs is 1. The van der Waals surface area contributed by atoms with Crippen molar-refractivity contribution in [3.8, 4) is 0 Å². The molecule has 0 aromatic carbocycles. The third-order valence-electron chi connectivity index (χ3n) is 2.09. The van der Waals surface area contributed by atoms with E-state index >= 15 is 0 Å². The topological polar surface area (TPSA) is 71.8 Å². The Balaban J connectivity index is 1.81. The van der Waals surface area contributed by atoms with Crippen LogP contribution in [0.25, 0.3) is 5.65 Å². The third kappa shape index (κ3) is 2.25. The fourth-order valence-corrected chi connectivity index (χ4v) is 2.19. The predicted octanol–water partition coefficient (Wildman–Crippen LogP) is 1.79. The summed E-state index contributed by atoms with van der Waals surface area (Å²) >= 11 is 7.33. The van der Waals surface area contributed by atoms with Crippen molar-refractivity contribution in [1.82, 2.24) is 29.8 Å². The standard InChI is InChI=1S/C9H7ClN6S/c10-7-1-2-8-13-6(3-16(8)15-7)4-17-9-11-5-12-14-9/h1-3,5H,4H2,(H,11,12,14). The molecule has 8 heteroatoms. The highest BCUT2D eigenvalue weighted by atomic mass is 35.5. The number of H-pyrrole nitrogens is 1. The summed E-state index contributed by atoms with van der Waals surface area (Å²) in [5.41, 5.74) is 1.70. The van der Waals surface area contributed by atoms with E-state index in [0.29, 0.717) is 10.9 Å². The van der Waals surface area contributed by atoms with Crippen molar-refractivity contribution < 1.29 is 0 Å². The van der Waals surface area contributed by atoms with E-state index < -0.39 is 0 Å². The van der Waals surface area contributed by atoms with Gasteiger partial charge in [0.2, 0.25) is 0 Å². The molecule has 0 saturated carbocycles. The Morgan fingerprint density at radius 2 is 2.35 bits per heavy atom. The van der Waals surface area contributed by atoms with Crippen LogP contribution < -0.4 is 0 Å². The van der Waals surface area contributed by atoms with E-state index in [4.69, 9.17) is 11.6 Å². The van der Waals surface area contributed by atoms with Gasteiger partial charge in [0.05, 0.1) is 11.9 Å². The molecule has 0 fully saturated rings. The van der Waals surface area contributed by atoms with Crippen LogP contribution in [-0.2, 0) is 5.75 Å². The lowest BCUT2D eigenvalue weighted by Crippen LogP contribution is -1.88. The highest BCUT2D eigenvalue weighted by Crippen LogP contribution is 2.18. The first-order valence-electron chi connectivity index (χ1n) is 4.80. The molecule has 0 spiro atoms. The van der Waals surface area contributed by atoms with Gasteiger partial charge in [0.25, 0.3) is 0 Å². The van der Waals surface area contributed by atoms with E-state index in [1.165, 1.54) is 18.1 Å². The molecule has 0 bridgehead atoms. The fourth-order valence-electron chi connectivity index (χ4n) is 1.38. The zero-order chi connectivity index (χ0) is 11.7. The van der Waals surface area contributed by atoms with Crippen molar-refractivity contribution in [3.63, 3.8) is 0 Å². The van der Waals surface area contributed by atoms with E-state index in [2.05, 4.69) is 25.3 Å².